The van der Waals surface area contributed by atoms with Gasteiger partial charge in [-0.1, -0.05) is 11.8 Å². The number of hydrogen-bond acceptors (Lipinski definition) is 7. The van der Waals surface area contributed by atoms with E-state index in [-0.39, 0.29) is 22.0 Å². The quantitative estimate of drug-likeness (QED) is 0.678. The van der Waals surface area contributed by atoms with Gasteiger partial charge in [0.25, 0.3) is 0 Å². The molecule has 3 atom stereocenters. The molecule has 2 N–H and O–H groups in total. The van der Waals surface area contributed by atoms with Gasteiger partial charge in [0, 0.05) is 25.0 Å². The minimum atomic E-state index is -0.653. The molecule has 2 heterocycles. The van der Waals surface area contributed by atoms with Crippen LogP contribution in [0.4, 0.5) is 0 Å². The smallest absolute Gasteiger partial charge is 0.323 e. The average Bonchev–Trinajstić information content (AvgIpc) is 2.79. The standard InChI is InChI=1S/C11H17N3O4S2/c1-6(15)20-8-3-7(18-4-8)5-19-11-12-9(16)10(17)13-14(11)2/h7-8,11H,3-5H2,1-2H3,(H,12,16)(H,13,17)/t7-,8+,11?/m1/s1. The van der Waals surface area contributed by atoms with Gasteiger partial charge in [-0.2, -0.15) is 5.01 Å². The van der Waals surface area contributed by atoms with Crippen LogP contribution < -0.4 is 10.7 Å². The van der Waals surface area contributed by atoms with Crippen LogP contribution in [0.5, 0.6) is 0 Å². The zero-order chi connectivity index (χ0) is 14.7. The zero-order valence-corrected chi connectivity index (χ0v) is 12.9. The summed E-state index contributed by atoms with van der Waals surface area (Å²) >= 11 is 2.81. The molecule has 2 aliphatic rings. The van der Waals surface area contributed by atoms with Crippen LogP contribution >= 0.6 is 23.5 Å². The number of nitrogens with zero attached hydrogens (tertiary/aromatic N) is 1. The van der Waals surface area contributed by atoms with Crippen molar-refractivity contribution in [1.82, 2.24) is 15.8 Å². The van der Waals surface area contributed by atoms with E-state index in [1.54, 1.807) is 19.0 Å². The van der Waals surface area contributed by atoms with E-state index in [2.05, 4.69) is 10.7 Å². The Balaban J connectivity index is 1.74. The van der Waals surface area contributed by atoms with Crippen LogP contribution in [0.15, 0.2) is 0 Å². The number of amides is 2. The maximum Gasteiger partial charge on any atom is 0.323 e. The fraction of sp³-hybridized carbons (Fsp3) is 0.727. The van der Waals surface area contributed by atoms with E-state index in [4.69, 9.17) is 4.74 Å². The molecule has 112 valence electrons. The summed E-state index contributed by atoms with van der Waals surface area (Å²) in [5.74, 6) is -0.586. The predicted molar refractivity (Wildman–Crippen MR) is 76.7 cm³/mol. The summed E-state index contributed by atoms with van der Waals surface area (Å²) in [6.07, 6.45) is 0.897. The first-order valence-corrected chi connectivity index (χ1v) is 8.13. The van der Waals surface area contributed by atoms with Gasteiger partial charge in [-0.25, -0.2) is 0 Å². The molecule has 9 heteroatoms. The van der Waals surface area contributed by atoms with Gasteiger partial charge in [-0.3, -0.25) is 19.8 Å². The second kappa shape index (κ2) is 6.79. The summed E-state index contributed by atoms with van der Waals surface area (Å²) in [5.41, 5.74) is 2.16. The molecule has 2 aliphatic heterocycles. The van der Waals surface area contributed by atoms with Crippen LogP contribution in [0.3, 0.4) is 0 Å². The number of carbonyl (C=O) groups is 3. The van der Waals surface area contributed by atoms with Gasteiger partial charge in [-0.05, 0) is 6.42 Å². The highest BCUT2D eigenvalue weighted by Crippen LogP contribution is 2.28. The molecule has 0 saturated carbocycles. The molecule has 0 aliphatic carbocycles. The molecule has 0 radical (unpaired) electrons. The summed E-state index contributed by atoms with van der Waals surface area (Å²) in [4.78, 5) is 33.4. The van der Waals surface area contributed by atoms with Crippen molar-refractivity contribution in [2.45, 2.75) is 30.2 Å². The van der Waals surface area contributed by atoms with Crippen LogP contribution in [0, 0.1) is 0 Å². The van der Waals surface area contributed by atoms with Crippen molar-refractivity contribution >= 4 is 40.5 Å². The first kappa shape index (κ1) is 15.6. The van der Waals surface area contributed by atoms with E-state index in [9.17, 15) is 14.4 Å². The van der Waals surface area contributed by atoms with Crippen LogP contribution in [-0.4, -0.2) is 58.2 Å². The molecule has 0 aromatic heterocycles. The molecule has 2 fully saturated rings. The maximum absolute atomic E-state index is 11.3. The largest absolute Gasteiger partial charge is 0.376 e. The Hall–Kier alpha value is -0.770. The van der Waals surface area contributed by atoms with Crippen LogP contribution in [0.2, 0.25) is 0 Å². The highest BCUT2D eigenvalue weighted by Gasteiger charge is 2.32. The third-order valence-corrected chi connectivity index (χ3v) is 5.21. The fourth-order valence-electron chi connectivity index (χ4n) is 2.00. The lowest BCUT2D eigenvalue weighted by Gasteiger charge is -2.32. The average molecular weight is 319 g/mol. The van der Waals surface area contributed by atoms with Crippen molar-refractivity contribution < 1.29 is 19.1 Å². The van der Waals surface area contributed by atoms with E-state index < -0.39 is 11.8 Å². The molecule has 0 aromatic carbocycles. The Morgan fingerprint density at radius 2 is 2.20 bits per heavy atom. The topological polar surface area (TPSA) is 87.7 Å². The molecule has 1 unspecified atom stereocenters. The fourth-order valence-corrected chi connectivity index (χ4v) is 4.02. The molecule has 2 saturated heterocycles. The number of thioether (sulfide) groups is 2. The molecular formula is C11H17N3O4S2. The number of rotatable bonds is 4. The first-order chi connectivity index (χ1) is 9.45. The van der Waals surface area contributed by atoms with E-state index in [0.29, 0.717) is 12.4 Å². The molecule has 7 nitrogen and oxygen atoms in total. The number of nitrogens with one attached hydrogen (secondary N) is 2. The van der Waals surface area contributed by atoms with Gasteiger partial charge in [0.15, 0.2) is 5.12 Å². The van der Waals surface area contributed by atoms with Crippen molar-refractivity contribution in [2.75, 3.05) is 19.4 Å². The van der Waals surface area contributed by atoms with Gasteiger partial charge in [0.1, 0.15) is 5.50 Å². The monoisotopic (exact) mass is 319 g/mol. The highest BCUT2D eigenvalue weighted by atomic mass is 32.2. The first-order valence-electron chi connectivity index (χ1n) is 6.20. The van der Waals surface area contributed by atoms with Gasteiger partial charge >= 0.3 is 11.8 Å². The number of hydrogen-bond donors (Lipinski definition) is 2. The molecule has 2 rings (SSSR count). The van der Waals surface area contributed by atoms with Crippen LogP contribution in [0.1, 0.15) is 13.3 Å². The minimum absolute atomic E-state index is 0.0692. The normalized spacial score (nSPS) is 31.0. The Morgan fingerprint density at radius 1 is 1.45 bits per heavy atom. The second-order valence-corrected chi connectivity index (χ2v) is 7.22. The van der Waals surface area contributed by atoms with Crippen molar-refractivity contribution in [2.24, 2.45) is 0 Å². The SMILES string of the molecule is CC(=O)S[C@@H]1CO[C@@H](CSC2NC(=O)C(=O)NN2C)C1. The van der Waals surface area contributed by atoms with Gasteiger partial charge in [-0.15, -0.1) is 11.8 Å². The Kier molecular flexibility index (Phi) is 5.30. The number of hydrazine groups is 1. The second-order valence-electron chi connectivity index (χ2n) is 4.63. The lowest BCUT2D eigenvalue weighted by atomic mass is 10.3. The maximum atomic E-state index is 11.3. The predicted octanol–water partition coefficient (Wildman–Crippen LogP) is -0.467. The summed E-state index contributed by atoms with van der Waals surface area (Å²) in [7, 11) is 1.69. The van der Waals surface area contributed by atoms with E-state index in [1.807, 2.05) is 0 Å². The van der Waals surface area contributed by atoms with Crippen LogP contribution in [0.25, 0.3) is 0 Å². The van der Waals surface area contributed by atoms with E-state index in [1.165, 1.54) is 23.5 Å². The van der Waals surface area contributed by atoms with Crippen molar-refractivity contribution in [3.8, 4) is 0 Å². The Bertz CT molecular complexity index is 420. The van der Waals surface area contributed by atoms with Gasteiger partial charge in [0.2, 0.25) is 0 Å². The third-order valence-electron chi connectivity index (χ3n) is 2.91. The summed E-state index contributed by atoms with van der Waals surface area (Å²) in [6, 6.07) is 0. The third kappa shape index (κ3) is 4.11. The Morgan fingerprint density at radius 3 is 2.90 bits per heavy atom. The molecule has 20 heavy (non-hydrogen) atoms. The molecule has 0 spiro atoms. The summed E-state index contributed by atoms with van der Waals surface area (Å²) in [5, 5.41) is 4.49. The molecule has 0 bridgehead atoms. The van der Waals surface area contributed by atoms with Gasteiger partial charge in [0.05, 0.1) is 12.7 Å². The van der Waals surface area contributed by atoms with Crippen molar-refractivity contribution in [1.29, 1.82) is 0 Å². The summed E-state index contributed by atoms with van der Waals surface area (Å²) < 4.78 is 5.63. The molecule has 2 amide bonds. The highest BCUT2D eigenvalue weighted by molar-refractivity contribution is 8.14. The lowest BCUT2D eigenvalue weighted by Crippen LogP contribution is -2.62. The lowest BCUT2D eigenvalue weighted by molar-refractivity contribution is -0.146. The summed E-state index contributed by atoms with van der Waals surface area (Å²) in [6.45, 7) is 2.14. The number of carbonyl (C=O) groups excluding carboxylic acids is 3. The van der Waals surface area contributed by atoms with Gasteiger partial charge < -0.3 is 10.1 Å². The number of ether oxygens (including phenoxy) is 1. The molecule has 0 aromatic rings. The van der Waals surface area contributed by atoms with Crippen molar-refractivity contribution in [3.63, 3.8) is 0 Å². The van der Waals surface area contributed by atoms with Crippen molar-refractivity contribution in [3.05, 3.63) is 0 Å². The van der Waals surface area contributed by atoms with E-state index in [0.717, 1.165) is 6.42 Å². The van der Waals surface area contributed by atoms with E-state index >= 15 is 0 Å². The Labute approximate surface area is 125 Å². The minimum Gasteiger partial charge on any atom is -0.376 e. The van der Waals surface area contributed by atoms with Crippen LogP contribution in [-0.2, 0) is 19.1 Å². The molecular weight excluding hydrogens is 302 g/mol. The zero-order valence-electron chi connectivity index (χ0n) is 11.3.